The van der Waals surface area contributed by atoms with Gasteiger partial charge in [0.2, 0.25) is 5.91 Å². The van der Waals surface area contributed by atoms with Crippen LogP contribution in [0, 0.1) is 5.92 Å². The molecule has 5 heteroatoms. The Morgan fingerprint density at radius 2 is 1.81 bits per heavy atom. The van der Waals surface area contributed by atoms with Crippen molar-refractivity contribution in [3.8, 4) is 0 Å². The van der Waals surface area contributed by atoms with Gasteiger partial charge in [-0.25, -0.2) is 0 Å². The quantitative estimate of drug-likeness (QED) is 0.429. The zero-order chi connectivity index (χ0) is 15.5. The Kier molecular flexibility index (Phi) is 8.87. The summed E-state index contributed by atoms with van der Waals surface area (Å²) in [5.41, 5.74) is 0. The second-order valence-electron chi connectivity index (χ2n) is 6.11. The van der Waals surface area contributed by atoms with Gasteiger partial charge in [-0.3, -0.25) is 9.79 Å². The van der Waals surface area contributed by atoms with Gasteiger partial charge in [0.25, 0.3) is 0 Å². The highest BCUT2D eigenvalue weighted by Crippen LogP contribution is 2.26. The normalized spacial score (nSPS) is 16.6. The summed E-state index contributed by atoms with van der Waals surface area (Å²) in [4.78, 5) is 17.3. The molecule has 0 aromatic rings. The molecule has 5 nitrogen and oxygen atoms in total. The number of nitrogens with one attached hydrogen (secondary N) is 2. The Morgan fingerprint density at radius 1 is 1.14 bits per heavy atom. The van der Waals surface area contributed by atoms with Crippen LogP contribution in [0.1, 0.15) is 51.4 Å². The fraction of sp³-hybridized carbons (Fsp3) is 0.875. The average Bonchev–Trinajstić information content (AvgIpc) is 2.50. The minimum Gasteiger partial charge on any atom is -0.356 e. The van der Waals surface area contributed by atoms with E-state index < -0.39 is 0 Å². The molecule has 0 unspecified atom stereocenters. The molecule has 1 aliphatic carbocycles. The first-order chi connectivity index (χ1) is 10.1. The van der Waals surface area contributed by atoms with Gasteiger partial charge < -0.3 is 15.5 Å². The molecule has 0 aromatic carbocycles. The maximum atomic E-state index is 11.5. The molecule has 0 aromatic heterocycles. The second kappa shape index (κ2) is 10.5. The molecule has 21 heavy (non-hydrogen) atoms. The van der Waals surface area contributed by atoms with Crippen molar-refractivity contribution < 1.29 is 4.79 Å². The van der Waals surface area contributed by atoms with E-state index in [1.165, 1.54) is 44.9 Å². The lowest BCUT2D eigenvalue weighted by Gasteiger charge is -2.21. The van der Waals surface area contributed by atoms with Crippen molar-refractivity contribution in [1.82, 2.24) is 15.5 Å². The number of nitrogens with zero attached hydrogens (tertiary/aromatic N) is 2. The maximum absolute atomic E-state index is 11.5. The van der Waals surface area contributed by atoms with Gasteiger partial charge in [0.15, 0.2) is 5.96 Å². The minimum atomic E-state index is 0.134. The number of amides is 1. The van der Waals surface area contributed by atoms with Gasteiger partial charge in [0, 0.05) is 40.7 Å². The molecule has 0 heterocycles. The third kappa shape index (κ3) is 7.93. The highest BCUT2D eigenvalue weighted by Gasteiger charge is 2.12. The van der Waals surface area contributed by atoms with Gasteiger partial charge >= 0.3 is 0 Å². The molecule has 0 radical (unpaired) electrons. The van der Waals surface area contributed by atoms with Crippen LogP contribution in [0.15, 0.2) is 4.99 Å². The summed E-state index contributed by atoms with van der Waals surface area (Å²) in [5, 5.41) is 6.51. The molecule has 1 saturated carbocycles. The smallest absolute Gasteiger partial charge is 0.223 e. The van der Waals surface area contributed by atoms with Crippen LogP contribution in [0.5, 0.6) is 0 Å². The van der Waals surface area contributed by atoms with Crippen LogP contribution < -0.4 is 10.6 Å². The summed E-state index contributed by atoms with van der Waals surface area (Å²) in [5.74, 6) is 1.87. The molecule has 0 spiro atoms. The second-order valence-corrected chi connectivity index (χ2v) is 6.11. The van der Waals surface area contributed by atoms with Gasteiger partial charge in [-0.1, -0.05) is 32.1 Å². The SMILES string of the molecule is CN=C(NCCCC1CCCCC1)NCCC(=O)N(C)C. The van der Waals surface area contributed by atoms with Crippen LogP contribution in [-0.4, -0.2) is 51.0 Å². The predicted molar refractivity (Wildman–Crippen MR) is 88.5 cm³/mol. The zero-order valence-electron chi connectivity index (χ0n) is 14.0. The molecule has 0 aliphatic heterocycles. The van der Waals surface area contributed by atoms with Crippen molar-refractivity contribution in [2.24, 2.45) is 10.9 Å². The van der Waals surface area contributed by atoms with Crippen molar-refractivity contribution in [1.29, 1.82) is 0 Å². The molecule has 122 valence electrons. The standard InChI is InChI=1S/C16H32N4O/c1-17-16(19-13-11-15(21)20(2)3)18-12-7-10-14-8-5-4-6-9-14/h14H,4-13H2,1-3H3,(H2,17,18,19). The van der Waals surface area contributed by atoms with Gasteiger partial charge in [0.1, 0.15) is 0 Å². The first-order valence-corrected chi connectivity index (χ1v) is 8.28. The number of carbonyl (C=O) groups is 1. The number of carbonyl (C=O) groups excluding carboxylic acids is 1. The summed E-state index contributed by atoms with van der Waals surface area (Å²) >= 11 is 0. The molecule has 2 N–H and O–H groups in total. The van der Waals surface area contributed by atoms with E-state index in [4.69, 9.17) is 0 Å². The van der Waals surface area contributed by atoms with E-state index in [2.05, 4.69) is 15.6 Å². The topological polar surface area (TPSA) is 56.7 Å². The molecule has 1 amide bonds. The van der Waals surface area contributed by atoms with E-state index in [9.17, 15) is 4.79 Å². The number of hydrogen-bond donors (Lipinski definition) is 2. The van der Waals surface area contributed by atoms with Crippen LogP contribution in [0.3, 0.4) is 0 Å². The van der Waals surface area contributed by atoms with Crippen molar-refractivity contribution >= 4 is 11.9 Å². The number of hydrogen-bond acceptors (Lipinski definition) is 2. The van der Waals surface area contributed by atoms with Crippen molar-refractivity contribution in [3.63, 3.8) is 0 Å². The molecule has 0 atom stereocenters. The molecule has 1 fully saturated rings. The fourth-order valence-electron chi connectivity index (χ4n) is 2.81. The van der Waals surface area contributed by atoms with Gasteiger partial charge in [0.05, 0.1) is 0 Å². The summed E-state index contributed by atoms with van der Waals surface area (Å²) in [6, 6.07) is 0. The first kappa shape index (κ1) is 17.8. The number of rotatable bonds is 7. The van der Waals surface area contributed by atoms with Crippen LogP contribution in [0.4, 0.5) is 0 Å². The van der Waals surface area contributed by atoms with E-state index in [1.807, 2.05) is 0 Å². The Balaban J connectivity index is 2.06. The van der Waals surface area contributed by atoms with E-state index in [0.29, 0.717) is 13.0 Å². The summed E-state index contributed by atoms with van der Waals surface area (Å²) in [6.45, 7) is 1.58. The fourth-order valence-corrected chi connectivity index (χ4v) is 2.81. The molecule has 0 bridgehead atoms. The molecule has 1 aliphatic rings. The lowest BCUT2D eigenvalue weighted by atomic mass is 9.86. The van der Waals surface area contributed by atoms with Gasteiger partial charge in [-0.05, 0) is 18.8 Å². The third-order valence-electron chi connectivity index (χ3n) is 4.16. The summed E-state index contributed by atoms with van der Waals surface area (Å²) in [6.07, 6.45) is 10.1. The van der Waals surface area contributed by atoms with Crippen LogP contribution in [-0.2, 0) is 4.79 Å². The molecule has 1 rings (SSSR count). The summed E-state index contributed by atoms with van der Waals surface area (Å²) in [7, 11) is 5.32. The number of aliphatic imine (C=N–C) groups is 1. The highest BCUT2D eigenvalue weighted by atomic mass is 16.2. The molecular formula is C16H32N4O. The van der Waals surface area contributed by atoms with Gasteiger partial charge in [-0.15, -0.1) is 0 Å². The minimum absolute atomic E-state index is 0.134. The molecule has 0 saturated heterocycles. The third-order valence-corrected chi connectivity index (χ3v) is 4.16. The Bertz CT molecular complexity index is 322. The Labute approximate surface area is 129 Å². The lowest BCUT2D eigenvalue weighted by molar-refractivity contribution is -0.128. The van der Waals surface area contributed by atoms with E-state index >= 15 is 0 Å². The largest absolute Gasteiger partial charge is 0.356 e. The Hall–Kier alpha value is -1.26. The monoisotopic (exact) mass is 296 g/mol. The van der Waals surface area contributed by atoms with Crippen molar-refractivity contribution in [3.05, 3.63) is 0 Å². The average molecular weight is 296 g/mol. The Morgan fingerprint density at radius 3 is 2.43 bits per heavy atom. The van der Waals surface area contributed by atoms with Gasteiger partial charge in [-0.2, -0.15) is 0 Å². The van der Waals surface area contributed by atoms with Crippen LogP contribution >= 0.6 is 0 Å². The summed E-state index contributed by atoms with van der Waals surface area (Å²) < 4.78 is 0. The maximum Gasteiger partial charge on any atom is 0.223 e. The predicted octanol–water partition coefficient (Wildman–Crippen LogP) is 1.99. The van der Waals surface area contributed by atoms with E-state index in [-0.39, 0.29) is 5.91 Å². The molecular weight excluding hydrogens is 264 g/mol. The highest BCUT2D eigenvalue weighted by molar-refractivity contribution is 5.81. The van der Waals surface area contributed by atoms with E-state index in [0.717, 1.165) is 18.4 Å². The number of guanidine groups is 1. The van der Waals surface area contributed by atoms with E-state index in [1.54, 1.807) is 26.0 Å². The van der Waals surface area contributed by atoms with Crippen LogP contribution in [0.2, 0.25) is 0 Å². The van der Waals surface area contributed by atoms with Crippen molar-refractivity contribution in [2.75, 3.05) is 34.2 Å². The zero-order valence-corrected chi connectivity index (χ0v) is 14.0. The van der Waals surface area contributed by atoms with Crippen LogP contribution in [0.25, 0.3) is 0 Å². The van der Waals surface area contributed by atoms with Crippen molar-refractivity contribution in [2.45, 2.75) is 51.4 Å². The lowest BCUT2D eigenvalue weighted by Crippen LogP contribution is -2.39. The first-order valence-electron chi connectivity index (χ1n) is 8.28.